The second-order valence-corrected chi connectivity index (χ2v) is 5.44. The van der Waals surface area contributed by atoms with E-state index in [1.807, 2.05) is 20.8 Å². The molecule has 6 heteroatoms. The van der Waals surface area contributed by atoms with Crippen LogP contribution in [0.1, 0.15) is 55.2 Å². The van der Waals surface area contributed by atoms with Crippen LogP contribution in [0.25, 0.3) is 0 Å². The van der Waals surface area contributed by atoms with Gasteiger partial charge in [0, 0.05) is 18.0 Å². The smallest absolute Gasteiger partial charge is 0.273 e. The molecule has 1 aromatic heterocycles. The highest BCUT2D eigenvalue weighted by Crippen LogP contribution is 2.19. The third kappa shape index (κ3) is 3.99. The third-order valence-corrected chi connectivity index (χ3v) is 4.16. The Bertz CT molecular complexity index is 402. The lowest BCUT2D eigenvalue weighted by Crippen LogP contribution is -2.41. The van der Waals surface area contributed by atoms with E-state index in [1.165, 1.54) is 11.3 Å². The number of rotatable bonds is 7. The van der Waals surface area contributed by atoms with E-state index in [0.29, 0.717) is 12.2 Å². The van der Waals surface area contributed by atoms with Crippen LogP contribution in [0.4, 0.5) is 0 Å². The molecule has 0 aliphatic carbocycles. The number of amides is 1. The van der Waals surface area contributed by atoms with E-state index in [4.69, 9.17) is 10.8 Å². The second-order valence-electron chi connectivity index (χ2n) is 4.55. The fraction of sp³-hybridized carbons (Fsp3) is 0.692. The van der Waals surface area contributed by atoms with Gasteiger partial charge in [0.2, 0.25) is 0 Å². The van der Waals surface area contributed by atoms with Gasteiger partial charge in [-0.25, -0.2) is 4.98 Å². The molecule has 1 aromatic rings. The molecule has 0 spiro atoms. The Labute approximate surface area is 118 Å². The molecule has 1 unspecified atom stereocenters. The first-order chi connectivity index (χ1) is 9.04. The molecule has 5 nitrogen and oxygen atoms in total. The molecule has 1 atom stereocenters. The highest BCUT2D eigenvalue weighted by Gasteiger charge is 2.24. The number of thiazole rings is 1. The topological polar surface area (TPSA) is 79.5 Å². The van der Waals surface area contributed by atoms with Crippen LogP contribution in [-0.4, -0.2) is 40.1 Å². The zero-order valence-corrected chi connectivity index (χ0v) is 12.6. The zero-order valence-electron chi connectivity index (χ0n) is 11.8. The summed E-state index contributed by atoms with van der Waals surface area (Å²) in [6.45, 7) is 6.24. The minimum Gasteiger partial charge on any atom is -0.395 e. The van der Waals surface area contributed by atoms with Gasteiger partial charge in [0.15, 0.2) is 0 Å². The van der Waals surface area contributed by atoms with Crippen LogP contribution in [0, 0.1) is 0 Å². The molecule has 0 radical (unpaired) electrons. The van der Waals surface area contributed by atoms with Crippen molar-refractivity contribution in [3.8, 4) is 0 Å². The average molecular weight is 285 g/mol. The summed E-state index contributed by atoms with van der Waals surface area (Å²) in [5.41, 5.74) is 6.19. The maximum absolute atomic E-state index is 12.4. The molecule has 0 saturated heterocycles. The molecular formula is C13H23N3O2S. The van der Waals surface area contributed by atoms with Crippen molar-refractivity contribution < 1.29 is 9.90 Å². The molecule has 19 heavy (non-hydrogen) atoms. The van der Waals surface area contributed by atoms with E-state index in [-0.39, 0.29) is 24.6 Å². The van der Waals surface area contributed by atoms with Gasteiger partial charge in [-0.2, -0.15) is 0 Å². The Balaban J connectivity index is 2.91. The lowest BCUT2D eigenvalue weighted by Gasteiger charge is -2.29. The molecule has 3 N–H and O–H groups in total. The van der Waals surface area contributed by atoms with Crippen molar-refractivity contribution in [1.82, 2.24) is 9.88 Å². The fourth-order valence-electron chi connectivity index (χ4n) is 2.03. The SMILES string of the molecule is CCC(CC)N(CCO)C(=O)c1csc(C(C)N)n1. The van der Waals surface area contributed by atoms with Crippen molar-refractivity contribution in [1.29, 1.82) is 0 Å². The molecule has 1 amide bonds. The van der Waals surface area contributed by atoms with Crippen LogP contribution in [0.5, 0.6) is 0 Å². The summed E-state index contributed by atoms with van der Waals surface area (Å²) in [5, 5.41) is 11.6. The maximum atomic E-state index is 12.4. The van der Waals surface area contributed by atoms with Crippen LogP contribution < -0.4 is 5.73 Å². The summed E-state index contributed by atoms with van der Waals surface area (Å²) in [6.07, 6.45) is 1.74. The largest absolute Gasteiger partial charge is 0.395 e. The van der Waals surface area contributed by atoms with Crippen molar-refractivity contribution in [2.24, 2.45) is 5.73 Å². The monoisotopic (exact) mass is 285 g/mol. The predicted molar refractivity (Wildman–Crippen MR) is 77.2 cm³/mol. The van der Waals surface area contributed by atoms with Gasteiger partial charge >= 0.3 is 0 Å². The van der Waals surface area contributed by atoms with Crippen molar-refractivity contribution >= 4 is 17.2 Å². The number of hydrogen-bond acceptors (Lipinski definition) is 5. The first kappa shape index (κ1) is 16.1. The molecule has 1 heterocycles. The van der Waals surface area contributed by atoms with E-state index >= 15 is 0 Å². The number of aromatic nitrogens is 1. The lowest BCUT2D eigenvalue weighted by molar-refractivity contribution is 0.0617. The van der Waals surface area contributed by atoms with Crippen LogP contribution >= 0.6 is 11.3 Å². The van der Waals surface area contributed by atoms with E-state index in [1.54, 1.807) is 10.3 Å². The number of nitrogens with two attached hydrogens (primary N) is 1. The van der Waals surface area contributed by atoms with Crippen molar-refractivity contribution in [2.75, 3.05) is 13.2 Å². The summed E-state index contributed by atoms with van der Waals surface area (Å²) in [7, 11) is 0. The van der Waals surface area contributed by atoms with E-state index in [2.05, 4.69) is 4.98 Å². The van der Waals surface area contributed by atoms with E-state index in [0.717, 1.165) is 17.8 Å². The van der Waals surface area contributed by atoms with Crippen molar-refractivity contribution in [2.45, 2.75) is 45.7 Å². The Hall–Kier alpha value is -0.980. The molecule has 1 rings (SSSR count). The lowest BCUT2D eigenvalue weighted by atomic mass is 10.1. The van der Waals surface area contributed by atoms with Crippen molar-refractivity contribution in [3.63, 3.8) is 0 Å². The zero-order chi connectivity index (χ0) is 14.4. The van der Waals surface area contributed by atoms with Gasteiger partial charge in [-0.05, 0) is 19.8 Å². The van der Waals surface area contributed by atoms with Gasteiger partial charge in [-0.1, -0.05) is 13.8 Å². The molecular weight excluding hydrogens is 262 g/mol. The number of nitrogens with zero attached hydrogens (tertiary/aromatic N) is 2. The van der Waals surface area contributed by atoms with Gasteiger partial charge in [-0.15, -0.1) is 11.3 Å². The highest BCUT2D eigenvalue weighted by atomic mass is 32.1. The fourth-order valence-corrected chi connectivity index (χ4v) is 2.78. The summed E-state index contributed by atoms with van der Waals surface area (Å²) < 4.78 is 0. The Morgan fingerprint density at radius 2 is 2.16 bits per heavy atom. The second kappa shape index (κ2) is 7.57. The summed E-state index contributed by atoms with van der Waals surface area (Å²) >= 11 is 1.40. The first-order valence-corrected chi connectivity index (χ1v) is 7.55. The number of aliphatic hydroxyl groups excluding tert-OH is 1. The van der Waals surface area contributed by atoms with Gasteiger partial charge in [0.1, 0.15) is 10.7 Å². The molecule has 0 aliphatic heterocycles. The average Bonchev–Trinajstić information content (AvgIpc) is 2.88. The quantitative estimate of drug-likeness (QED) is 0.800. The van der Waals surface area contributed by atoms with Crippen LogP contribution in [0.3, 0.4) is 0 Å². The summed E-state index contributed by atoms with van der Waals surface area (Å²) in [6, 6.07) is -0.0221. The Morgan fingerprint density at radius 3 is 2.58 bits per heavy atom. The number of hydrogen-bond donors (Lipinski definition) is 2. The molecule has 0 bridgehead atoms. The molecule has 0 fully saturated rings. The minimum atomic E-state index is -0.161. The van der Waals surface area contributed by atoms with E-state index in [9.17, 15) is 4.79 Å². The summed E-state index contributed by atoms with van der Waals surface area (Å²) in [4.78, 5) is 18.4. The normalized spacial score (nSPS) is 12.7. The van der Waals surface area contributed by atoms with Gasteiger partial charge < -0.3 is 15.7 Å². The Kier molecular flexibility index (Phi) is 6.41. The standard InChI is InChI=1S/C13H23N3O2S/c1-4-10(5-2)16(6-7-17)13(18)11-8-19-12(15-11)9(3)14/h8-10,17H,4-7,14H2,1-3H3. The summed E-state index contributed by atoms with van der Waals surface area (Å²) in [5.74, 6) is -0.120. The molecule has 108 valence electrons. The number of carbonyl (C=O) groups is 1. The van der Waals surface area contributed by atoms with Crippen LogP contribution in [0.15, 0.2) is 5.38 Å². The number of carbonyl (C=O) groups excluding carboxylic acids is 1. The molecule has 0 aromatic carbocycles. The van der Waals surface area contributed by atoms with E-state index < -0.39 is 0 Å². The van der Waals surface area contributed by atoms with Crippen molar-refractivity contribution in [3.05, 3.63) is 16.1 Å². The molecule has 0 aliphatic rings. The predicted octanol–water partition coefficient (Wildman–Crippen LogP) is 1.79. The Morgan fingerprint density at radius 1 is 1.53 bits per heavy atom. The van der Waals surface area contributed by atoms with Crippen LogP contribution in [0.2, 0.25) is 0 Å². The molecule has 0 saturated carbocycles. The van der Waals surface area contributed by atoms with Gasteiger partial charge in [0.25, 0.3) is 5.91 Å². The first-order valence-electron chi connectivity index (χ1n) is 6.67. The number of aliphatic hydroxyl groups is 1. The van der Waals surface area contributed by atoms with Gasteiger partial charge in [0.05, 0.1) is 12.6 Å². The minimum absolute atomic E-state index is 0.0352. The maximum Gasteiger partial charge on any atom is 0.273 e. The van der Waals surface area contributed by atoms with Crippen LogP contribution in [-0.2, 0) is 0 Å². The highest BCUT2D eigenvalue weighted by molar-refractivity contribution is 7.09. The third-order valence-electron chi connectivity index (χ3n) is 3.12. The van der Waals surface area contributed by atoms with Gasteiger partial charge in [-0.3, -0.25) is 4.79 Å².